The van der Waals surface area contributed by atoms with Crippen molar-refractivity contribution in [3.63, 3.8) is 0 Å². The smallest absolute Gasteiger partial charge is 0.0749 e. The third-order valence-corrected chi connectivity index (χ3v) is 6.03. The Bertz CT molecular complexity index is 296. The minimum absolute atomic E-state index is 0.136. The van der Waals surface area contributed by atoms with Crippen LogP contribution in [0.3, 0.4) is 0 Å². The van der Waals surface area contributed by atoms with Crippen molar-refractivity contribution in [1.82, 2.24) is 0 Å². The van der Waals surface area contributed by atoms with Crippen molar-refractivity contribution < 1.29 is 4.74 Å². The first-order chi connectivity index (χ1) is 7.46. The van der Waals surface area contributed by atoms with E-state index in [2.05, 4.69) is 27.7 Å². The van der Waals surface area contributed by atoms with Crippen molar-refractivity contribution in [2.24, 2.45) is 23.7 Å². The van der Waals surface area contributed by atoms with E-state index in [0.29, 0.717) is 0 Å². The molecule has 0 unspecified atom stereocenters. The van der Waals surface area contributed by atoms with Crippen molar-refractivity contribution in [2.75, 3.05) is 0 Å². The molecule has 5 atom stereocenters. The molecule has 92 valence electrons. The van der Waals surface area contributed by atoms with Gasteiger partial charge in [0.25, 0.3) is 0 Å². The summed E-state index contributed by atoms with van der Waals surface area (Å²) in [5.74, 6) is 3.31. The summed E-state index contributed by atoms with van der Waals surface area (Å²) < 4.78 is 6.65. The van der Waals surface area contributed by atoms with Crippen LogP contribution in [0.1, 0.15) is 59.8 Å². The van der Waals surface area contributed by atoms with E-state index >= 15 is 0 Å². The summed E-state index contributed by atoms with van der Waals surface area (Å²) in [6.45, 7) is 9.53. The lowest BCUT2D eigenvalue weighted by Crippen LogP contribution is -2.43. The number of rotatable bonds is 0. The average Bonchev–Trinajstić information content (AvgIpc) is 2.57. The van der Waals surface area contributed by atoms with Crippen LogP contribution in [0.4, 0.5) is 0 Å². The van der Waals surface area contributed by atoms with Crippen LogP contribution in [-0.2, 0) is 4.74 Å². The quantitative estimate of drug-likeness (QED) is 0.601. The lowest BCUT2D eigenvalue weighted by Gasteiger charge is -2.40. The first-order valence-electron chi connectivity index (χ1n) is 7.16. The number of hydrogen-bond acceptors (Lipinski definition) is 1. The maximum Gasteiger partial charge on any atom is 0.0749 e. The second-order valence-corrected chi connectivity index (χ2v) is 7.20. The molecular formula is C15H26O. The van der Waals surface area contributed by atoms with Crippen molar-refractivity contribution >= 4 is 0 Å². The van der Waals surface area contributed by atoms with E-state index in [4.69, 9.17) is 4.74 Å². The van der Waals surface area contributed by atoms with Gasteiger partial charge in [-0.1, -0.05) is 13.8 Å². The molecule has 1 aliphatic heterocycles. The SMILES string of the molecule is C[C@@H]1CC[C@H]2[C@@H](C)CC[C@@H]3C[C@]12OC3(C)C. The third-order valence-electron chi connectivity index (χ3n) is 6.03. The number of hydrogen-bond donors (Lipinski definition) is 0. The lowest BCUT2D eigenvalue weighted by molar-refractivity contribution is -0.145. The molecule has 0 N–H and O–H groups in total. The highest BCUT2D eigenvalue weighted by atomic mass is 16.5. The Morgan fingerprint density at radius 3 is 2.50 bits per heavy atom. The summed E-state index contributed by atoms with van der Waals surface area (Å²) in [6, 6.07) is 0. The molecule has 2 bridgehead atoms. The van der Waals surface area contributed by atoms with Crippen LogP contribution in [0, 0.1) is 23.7 Å². The zero-order valence-electron chi connectivity index (χ0n) is 11.3. The average molecular weight is 222 g/mol. The van der Waals surface area contributed by atoms with E-state index in [1.807, 2.05) is 0 Å². The van der Waals surface area contributed by atoms with Crippen LogP contribution in [-0.4, -0.2) is 11.2 Å². The van der Waals surface area contributed by atoms with Crippen LogP contribution in [0.25, 0.3) is 0 Å². The van der Waals surface area contributed by atoms with Gasteiger partial charge in [-0.05, 0) is 69.6 Å². The molecule has 0 aromatic rings. The predicted molar refractivity (Wildman–Crippen MR) is 66.3 cm³/mol. The molecule has 0 aromatic carbocycles. The topological polar surface area (TPSA) is 9.23 Å². The molecule has 1 spiro atoms. The van der Waals surface area contributed by atoms with Gasteiger partial charge in [0.1, 0.15) is 0 Å². The highest BCUT2D eigenvalue weighted by Gasteiger charge is 2.61. The van der Waals surface area contributed by atoms with Crippen LogP contribution < -0.4 is 0 Å². The van der Waals surface area contributed by atoms with E-state index < -0.39 is 0 Å². The van der Waals surface area contributed by atoms with Gasteiger partial charge in [-0.2, -0.15) is 0 Å². The van der Waals surface area contributed by atoms with Gasteiger partial charge in [0, 0.05) is 0 Å². The number of fused-ring (bicyclic) bond motifs is 1. The fourth-order valence-corrected chi connectivity index (χ4v) is 4.94. The molecule has 2 saturated carbocycles. The fraction of sp³-hybridized carbons (Fsp3) is 1.00. The van der Waals surface area contributed by atoms with Gasteiger partial charge < -0.3 is 4.74 Å². The molecule has 16 heavy (non-hydrogen) atoms. The zero-order valence-corrected chi connectivity index (χ0v) is 11.3. The van der Waals surface area contributed by atoms with Gasteiger partial charge in [0.05, 0.1) is 11.2 Å². The Morgan fingerprint density at radius 1 is 1.00 bits per heavy atom. The second-order valence-electron chi connectivity index (χ2n) is 7.20. The van der Waals surface area contributed by atoms with E-state index in [1.54, 1.807) is 0 Å². The lowest BCUT2D eigenvalue weighted by atomic mass is 9.77. The van der Waals surface area contributed by atoms with E-state index in [9.17, 15) is 0 Å². The van der Waals surface area contributed by atoms with Gasteiger partial charge >= 0.3 is 0 Å². The third kappa shape index (κ3) is 1.27. The minimum Gasteiger partial charge on any atom is -0.368 e. The molecule has 0 aromatic heterocycles. The zero-order chi connectivity index (χ0) is 11.6. The molecule has 1 heteroatoms. The molecule has 1 saturated heterocycles. The Hall–Kier alpha value is -0.0400. The van der Waals surface area contributed by atoms with Gasteiger partial charge in [-0.3, -0.25) is 0 Å². The fourth-order valence-electron chi connectivity index (χ4n) is 4.94. The Kier molecular flexibility index (Phi) is 2.25. The largest absolute Gasteiger partial charge is 0.368 e. The summed E-state index contributed by atoms with van der Waals surface area (Å²) in [7, 11) is 0. The summed E-state index contributed by atoms with van der Waals surface area (Å²) >= 11 is 0. The first kappa shape index (κ1) is 11.1. The first-order valence-corrected chi connectivity index (χ1v) is 7.16. The molecule has 1 heterocycles. The van der Waals surface area contributed by atoms with Crippen molar-refractivity contribution in [3.8, 4) is 0 Å². The highest BCUT2D eigenvalue weighted by molar-refractivity contribution is 5.10. The molecule has 1 nitrogen and oxygen atoms in total. The van der Waals surface area contributed by atoms with E-state index in [-0.39, 0.29) is 11.2 Å². The van der Waals surface area contributed by atoms with Crippen LogP contribution >= 0.6 is 0 Å². The van der Waals surface area contributed by atoms with Crippen molar-refractivity contribution in [1.29, 1.82) is 0 Å². The van der Waals surface area contributed by atoms with Gasteiger partial charge in [0.2, 0.25) is 0 Å². The maximum atomic E-state index is 6.65. The summed E-state index contributed by atoms with van der Waals surface area (Å²) in [4.78, 5) is 0. The second kappa shape index (κ2) is 3.25. The highest BCUT2D eigenvalue weighted by Crippen LogP contribution is 2.61. The Balaban J connectivity index is 2.01. The Morgan fingerprint density at radius 2 is 1.75 bits per heavy atom. The van der Waals surface area contributed by atoms with Gasteiger partial charge in [-0.25, -0.2) is 0 Å². The van der Waals surface area contributed by atoms with E-state index in [1.165, 1.54) is 32.1 Å². The standard InChI is InChI=1S/C15H26O/c1-10-5-7-12-9-15(16-14(12,3)4)11(2)6-8-13(10)15/h10-13H,5-9H2,1-4H3/t10-,11+,12+,13-,15-/m0/s1. The summed E-state index contributed by atoms with van der Waals surface area (Å²) in [5, 5.41) is 0. The minimum atomic E-state index is 0.136. The normalized spacial score (nSPS) is 54.8. The maximum absolute atomic E-state index is 6.65. The summed E-state index contributed by atoms with van der Waals surface area (Å²) in [5.41, 5.74) is 0.390. The predicted octanol–water partition coefficient (Wildman–Crippen LogP) is 4.02. The summed E-state index contributed by atoms with van der Waals surface area (Å²) in [6.07, 6.45) is 6.95. The molecule has 3 aliphatic rings. The van der Waals surface area contributed by atoms with Crippen LogP contribution in [0.15, 0.2) is 0 Å². The van der Waals surface area contributed by atoms with Gasteiger partial charge in [-0.15, -0.1) is 0 Å². The van der Waals surface area contributed by atoms with Crippen molar-refractivity contribution in [3.05, 3.63) is 0 Å². The van der Waals surface area contributed by atoms with Gasteiger partial charge in [0.15, 0.2) is 0 Å². The Labute approximate surface area is 99.9 Å². The van der Waals surface area contributed by atoms with Crippen LogP contribution in [0.5, 0.6) is 0 Å². The molecular weight excluding hydrogens is 196 g/mol. The molecule has 3 rings (SSSR count). The van der Waals surface area contributed by atoms with Crippen LogP contribution in [0.2, 0.25) is 0 Å². The van der Waals surface area contributed by atoms with E-state index in [0.717, 1.165) is 23.7 Å². The molecule has 3 fully saturated rings. The monoisotopic (exact) mass is 222 g/mol. The number of ether oxygens (including phenoxy) is 1. The molecule has 0 amide bonds. The molecule has 0 radical (unpaired) electrons. The molecule has 2 aliphatic carbocycles. The van der Waals surface area contributed by atoms with Crippen molar-refractivity contribution in [2.45, 2.75) is 71.0 Å².